The summed E-state index contributed by atoms with van der Waals surface area (Å²) in [6, 6.07) is 0. The second kappa shape index (κ2) is 5.44. The maximum Gasteiger partial charge on any atom is 0.388 e. The molecule has 2 N–H and O–H groups in total. The Morgan fingerprint density at radius 2 is 2.15 bits per heavy atom. The third kappa shape index (κ3) is 2.66. The summed E-state index contributed by atoms with van der Waals surface area (Å²) in [4.78, 5) is 0.199. The number of nitrogens with two attached hydrogens (primary N) is 1. The molecule has 0 saturated heterocycles. The Morgan fingerprint density at radius 3 is 2.65 bits per heavy atom. The fourth-order valence-electron chi connectivity index (χ4n) is 1.64. The van der Waals surface area contributed by atoms with Gasteiger partial charge in [0.1, 0.15) is 9.46 Å². The van der Waals surface area contributed by atoms with Gasteiger partial charge in [-0.15, -0.1) is 5.10 Å². The first kappa shape index (κ1) is 14.9. The maximum atomic E-state index is 12.3. The van der Waals surface area contributed by atoms with Crippen LogP contribution in [0.1, 0.15) is 11.3 Å². The first-order valence-corrected chi connectivity index (χ1v) is 6.55. The summed E-state index contributed by atoms with van der Waals surface area (Å²) < 4.78 is 31.9. The SMILES string of the molecule is Cc1nn(-c2nn(C)c(OC(F)F)c2Br)cc1C(N)=S. The third-order valence-electron chi connectivity index (χ3n) is 2.50. The molecule has 0 atom stereocenters. The molecule has 0 aliphatic rings. The number of hydrogen-bond donors (Lipinski definition) is 1. The van der Waals surface area contributed by atoms with Gasteiger partial charge in [0.2, 0.25) is 5.88 Å². The molecule has 0 unspecified atom stereocenters. The van der Waals surface area contributed by atoms with Crippen molar-refractivity contribution in [2.45, 2.75) is 13.5 Å². The number of ether oxygens (including phenoxy) is 1. The zero-order valence-corrected chi connectivity index (χ0v) is 12.9. The summed E-state index contributed by atoms with van der Waals surface area (Å²) in [6.07, 6.45) is 1.58. The molecule has 0 aliphatic heterocycles. The second-order valence-electron chi connectivity index (χ2n) is 3.88. The molecule has 6 nitrogen and oxygen atoms in total. The summed E-state index contributed by atoms with van der Waals surface area (Å²) in [5.41, 5.74) is 6.77. The van der Waals surface area contributed by atoms with Gasteiger partial charge in [-0.05, 0) is 22.9 Å². The fraction of sp³-hybridized carbons (Fsp3) is 0.300. The molecule has 0 aromatic carbocycles. The van der Waals surface area contributed by atoms with E-state index in [9.17, 15) is 8.78 Å². The van der Waals surface area contributed by atoms with Crippen LogP contribution < -0.4 is 10.5 Å². The van der Waals surface area contributed by atoms with Gasteiger partial charge in [-0.25, -0.2) is 9.36 Å². The van der Waals surface area contributed by atoms with E-state index in [0.29, 0.717) is 17.1 Å². The standard InChI is InChI=1S/C10H10BrF2N5OS/c1-4-5(7(14)20)3-18(15-4)8-6(11)9(17(2)16-8)19-10(12)13/h3,10H,1-2H3,(H2,14,20). The molecular weight excluding hydrogens is 356 g/mol. The predicted molar refractivity (Wildman–Crippen MR) is 75.3 cm³/mol. The lowest BCUT2D eigenvalue weighted by Crippen LogP contribution is -2.09. The first-order valence-electron chi connectivity index (χ1n) is 5.35. The molecule has 0 amide bonds. The molecule has 20 heavy (non-hydrogen) atoms. The van der Waals surface area contributed by atoms with E-state index >= 15 is 0 Å². The number of hydrogen-bond acceptors (Lipinski definition) is 4. The van der Waals surface area contributed by atoms with Crippen molar-refractivity contribution >= 4 is 33.1 Å². The lowest BCUT2D eigenvalue weighted by atomic mass is 10.3. The number of aryl methyl sites for hydroxylation is 2. The second-order valence-corrected chi connectivity index (χ2v) is 5.11. The Kier molecular flexibility index (Phi) is 4.04. The lowest BCUT2D eigenvalue weighted by molar-refractivity contribution is -0.0558. The zero-order chi connectivity index (χ0) is 15.0. The average molecular weight is 366 g/mol. The highest BCUT2D eigenvalue weighted by Crippen LogP contribution is 2.31. The monoisotopic (exact) mass is 365 g/mol. The van der Waals surface area contributed by atoms with Crippen molar-refractivity contribution in [2.24, 2.45) is 12.8 Å². The van der Waals surface area contributed by atoms with Crippen LogP contribution in [-0.4, -0.2) is 31.2 Å². The molecule has 2 heterocycles. The Balaban J connectivity index is 2.48. The van der Waals surface area contributed by atoms with Crippen LogP contribution in [0.3, 0.4) is 0 Å². The van der Waals surface area contributed by atoms with Crippen LogP contribution in [0.2, 0.25) is 0 Å². The van der Waals surface area contributed by atoms with Crippen molar-refractivity contribution in [2.75, 3.05) is 0 Å². The summed E-state index contributed by atoms with van der Waals surface area (Å²) in [7, 11) is 1.48. The van der Waals surface area contributed by atoms with E-state index in [1.54, 1.807) is 13.1 Å². The van der Waals surface area contributed by atoms with Gasteiger partial charge in [-0.1, -0.05) is 12.2 Å². The van der Waals surface area contributed by atoms with Gasteiger partial charge in [0.15, 0.2) is 5.82 Å². The normalized spacial score (nSPS) is 11.1. The van der Waals surface area contributed by atoms with Gasteiger partial charge in [-0.3, -0.25) is 0 Å². The number of alkyl halides is 2. The molecule has 2 aromatic rings. The van der Waals surface area contributed by atoms with Crippen LogP contribution in [0.25, 0.3) is 5.82 Å². The number of nitrogens with zero attached hydrogens (tertiary/aromatic N) is 4. The average Bonchev–Trinajstić information content (AvgIpc) is 2.84. The van der Waals surface area contributed by atoms with E-state index in [4.69, 9.17) is 18.0 Å². The van der Waals surface area contributed by atoms with Crippen molar-refractivity contribution in [1.82, 2.24) is 19.6 Å². The van der Waals surface area contributed by atoms with Crippen LogP contribution in [0.5, 0.6) is 5.88 Å². The summed E-state index contributed by atoms with van der Waals surface area (Å²) in [5, 5.41) is 8.27. The van der Waals surface area contributed by atoms with Crippen molar-refractivity contribution in [1.29, 1.82) is 0 Å². The molecule has 2 aromatic heterocycles. The van der Waals surface area contributed by atoms with Gasteiger partial charge in [0.05, 0.1) is 11.3 Å². The summed E-state index contributed by atoms with van der Waals surface area (Å²) in [5.74, 6) is 0.203. The minimum Gasteiger partial charge on any atom is -0.416 e. The minimum absolute atomic E-state index is 0.0972. The molecule has 0 spiro atoms. The topological polar surface area (TPSA) is 70.9 Å². The van der Waals surface area contributed by atoms with Gasteiger partial charge in [-0.2, -0.15) is 13.9 Å². The molecule has 2 rings (SSSR count). The highest BCUT2D eigenvalue weighted by atomic mass is 79.9. The third-order valence-corrected chi connectivity index (χ3v) is 3.42. The number of aromatic nitrogens is 4. The quantitative estimate of drug-likeness (QED) is 0.838. The Labute approximate surface area is 126 Å². The Bertz CT molecular complexity index is 669. The number of halogens is 3. The number of thiocarbonyl (C=S) groups is 1. The van der Waals surface area contributed by atoms with Gasteiger partial charge in [0, 0.05) is 13.2 Å². The van der Waals surface area contributed by atoms with Crippen LogP contribution in [0.15, 0.2) is 10.7 Å². The molecule has 0 radical (unpaired) electrons. The number of rotatable bonds is 4. The van der Waals surface area contributed by atoms with Crippen LogP contribution in [0.4, 0.5) is 8.78 Å². The van der Waals surface area contributed by atoms with Crippen molar-refractivity contribution in [3.63, 3.8) is 0 Å². The molecular formula is C10H10BrF2N5OS. The van der Waals surface area contributed by atoms with Gasteiger partial charge < -0.3 is 10.5 Å². The van der Waals surface area contributed by atoms with Crippen LogP contribution in [-0.2, 0) is 7.05 Å². The maximum absolute atomic E-state index is 12.3. The van der Waals surface area contributed by atoms with E-state index in [0.717, 1.165) is 0 Å². The summed E-state index contributed by atoms with van der Waals surface area (Å²) >= 11 is 8.07. The van der Waals surface area contributed by atoms with Gasteiger partial charge >= 0.3 is 6.61 Å². The van der Waals surface area contributed by atoms with Crippen molar-refractivity contribution < 1.29 is 13.5 Å². The molecule has 0 fully saturated rings. The highest BCUT2D eigenvalue weighted by Gasteiger charge is 2.21. The molecule has 10 heteroatoms. The Morgan fingerprint density at radius 1 is 1.50 bits per heavy atom. The van der Waals surface area contributed by atoms with Crippen molar-refractivity contribution in [3.8, 4) is 11.7 Å². The van der Waals surface area contributed by atoms with E-state index in [1.807, 2.05) is 0 Å². The van der Waals surface area contributed by atoms with E-state index < -0.39 is 6.61 Å². The molecule has 0 saturated carbocycles. The molecule has 108 valence electrons. The predicted octanol–water partition coefficient (Wildman–Crippen LogP) is 1.91. The van der Waals surface area contributed by atoms with Crippen LogP contribution >= 0.6 is 28.1 Å². The zero-order valence-electron chi connectivity index (χ0n) is 10.5. The molecule has 0 aliphatic carbocycles. The minimum atomic E-state index is -2.94. The smallest absolute Gasteiger partial charge is 0.388 e. The first-order chi connectivity index (χ1) is 9.31. The van der Waals surface area contributed by atoms with E-state index in [1.165, 1.54) is 16.4 Å². The van der Waals surface area contributed by atoms with E-state index in [-0.39, 0.29) is 15.3 Å². The van der Waals surface area contributed by atoms with Crippen LogP contribution in [0, 0.1) is 6.92 Å². The van der Waals surface area contributed by atoms with E-state index in [2.05, 4.69) is 30.9 Å². The highest BCUT2D eigenvalue weighted by molar-refractivity contribution is 9.10. The molecule has 0 bridgehead atoms. The largest absolute Gasteiger partial charge is 0.416 e. The fourth-order valence-corrected chi connectivity index (χ4v) is 2.45. The summed E-state index contributed by atoms with van der Waals surface area (Å²) in [6.45, 7) is -1.21. The van der Waals surface area contributed by atoms with Crippen molar-refractivity contribution in [3.05, 3.63) is 21.9 Å². The Hall–Kier alpha value is -1.55. The lowest BCUT2D eigenvalue weighted by Gasteiger charge is -2.03. The van der Waals surface area contributed by atoms with Gasteiger partial charge in [0.25, 0.3) is 0 Å².